The van der Waals surface area contributed by atoms with Gasteiger partial charge < -0.3 is 5.32 Å². The maximum Gasteiger partial charge on any atom is 0.264 e. The van der Waals surface area contributed by atoms with Crippen molar-refractivity contribution in [1.29, 1.82) is 0 Å². The zero-order chi connectivity index (χ0) is 21.1. The second-order valence-electron chi connectivity index (χ2n) is 8.17. The van der Waals surface area contributed by atoms with Gasteiger partial charge in [-0.1, -0.05) is 33.6 Å². The van der Waals surface area contributed by atoms with Crippen molar-refractivity contribution in [2.75, 3.05) is 10.0 Å². The number of sulfonamides is 1. The highest BCUT2D eigenvalue weighted by Gasteiger charge is 2.44. The summed E-state index contributed by atoms with van der Waals surface area (Å²) in [4.78, 5) is 20.9. The molecular weight excluding hydrogens is 388 g/mol. The summed E-state index contributed by atoms with van der Waals surface area (Å²) < 4.78 is 27.3. The van der Waals surface area contributed by atoms with Gasteiger partial charge in [-0.15, -0.1) is 0 Å². The molecule has 1 heterocycles. The van der Waals surface area contributed by atoms with Crippen LogP contribution in [0.25, 0.3) is 0 Å². The van der Waals surface area contributed by atoms with E-state index in [1.54, 1.807) is 18.2 Å². The fourth-order valence-corrected chi connectivity index (χ4v) is 5.19. The van der Waals surface area contributed by atoms with Crippen LogP contribution >= 0.6 is 0 Å². The smallest absolute Gasteiger partial charge is 0.264 e. The molecule has 0 aliphatic heterocycles. The van der Waals surface area contributed by atoms with Crippen LogP contribution in [0.2, 0.25) is 0 Å². The van der Waals surface area contributed by atoms with Crippen LogP contribution in [0.3, 0.4) is 0 Å². The summed E-state index contributed by atoms with van der Waals surface area (Å²) in [5.41, 5.74) is 0.169. The van der Waals surface area contributed by atoms with Crippen molar-refractivity contribution in [1.82, 2.24) is 9.97 Å². The molecule has 1 amide bonds. The fraction of sp³-hybridized carbons (Fsp3) is 0.476. The van der Waals surface area contributed by atoms with Crippen LogP contribution in [0.1, 0.15) is 46.5 Å². The Morgan fingerprint density at radius 1 is 1.14 bits per heavy atom. The molecule has 0 saturated heterocycles. The number of anilines is 2. The molecule has 1 aromatic carbocycles. The first-order chi connectivity index (χ1) is 13.7. The number of amides is 1. The van der Waals surface area contributed by atoms with Crippen molar-refractivity contribution in [3.8, 4) is 0 Å². The Bertz CT molecular complexity index is 946. The number of hydrogen-bond donors (Lipinski definition) is 2. The monoisotopic (exact) mass is 416 g/mol. The quantitative estimate of drug-likeness (QED) is 0.739. The topological polar surface area (TPSA) is 101 Å². The Labute approximate surface area is 172 Å². The highest BCUT2D eigenvalue weighted by atomic mass is 32.2. The summed E-state index contributed by atoms with van der Waals surface area (Å²) in [6.45, 7) is 6.39. The second kappa shape index (κ2) is 8.49. The molecule has 7 nitrogen and oxygen atoms in total. The van der Waals surface area contributed by atoms with E-state index in [1.807, 2.05) is 0 Å². The molecule has 2 aromatic rings. The van der Waals surface area contributed by atoms with Crippen LogP contribution in [-0.4, -0.2) is 24.3 Å². The van der Waals surface area contributed by atoms with E-state index < -0.39 is 15.4 Å². The lowest BCUT2D eigenvalue weighted by Gasteiger charge is -2.42. The predicted octanol–water partition coefficient (Wildman–Crippen LogP) is 4.07. The summed E-state index contributed by atoms with van der Waals surface area (Å²) in [5.74, 6) is 0.785. The molecule has 0 spiro atoms. The standard InChI is InChI=1S/C21H28N4O3S/c1-15(2)18-7-4-5-12-21(18,3)19(26)24-16-8-10-17(11-9-16)29(27,28)25-20-22-13-6-14-23-20/h6,8-11,13-15,18H,4-5,7,12H2,1-3H3,(H,24,26)(H,22,23,25). The van der Waals surface area contributed by atoms with E-state index >= 15 is 0 Å². The van der Waals surface area contributed by atoms with Gasteiger partial charge in [-0.3, -0.25) is 4.79 Å². The lowest BCUT2D eigenvalue weighted by molar-refractivity contribution is -0.131. The van der Waals surface area contributed by atoms with Crippen LogP contribution in [0.15, 0.2) is 47.6 Å². The average Bonchev–Trinajstić information content (AvgIpc) is 2.69. The molecule has 1 fully saturated rings. The molecule has 2 atom stereocenters. The molecular formula is C21H28N4O3S. The van der Waals surface area contributed by atoms with Crippen molar-refractivity contribution in [3.63, 3.8) is 0 Å². The van der Waals surface area contributed by atoms with Gasteiger partial charge in [0.15, 0.2) is 0 Å². The maximum atomic E-state index is 13.1. The van der Waals surface area contributed by atoms with Crippen molar-refractivity contribution >= 4 is 27.6 Å². The van der Waals surface area contributed by atoms with E-state index in [2.05, 4.69) is 40.8 Å². The van der Waals surface area contributed by atoms with Crippen LogP contribution < -0.4 is 10.0 Å². The first-order valence-electron chi connectivity index (χ1n) is 9.94. The van der Waals surface area contributed by atoms with Gasteiger partial charge in [-0.05, 0) is 55.0 Å². The van der Waals surface area contributed by atoms with Gasteiger partial charge in [-0.25, -0.2) is 23.1 Å². The van der Waals surface area contributed by atoms with Crippen LogP contribution in [0.4, 0.5) is 11.6 Å². The van der Waals surface area contributed by atoms with E-state index in [0.717, 1.165) is 25.7 Å². The minimum Gasteiger partial charge on any atom is -0.326 e. The lowest BCUT2D eigenvalue weighted by Crippen LogP contribution is -2.44. The predicted molar refractivity (Wildman–Crippen MR) is 113 cm³/mol. The minimum atomic E-state index is -3.80. The van der Waals surface area contributed by atoms with Gasteiger partial charge in [0.1, 0.15) is 0 Å². The summed E-state index contributed by atoms with van der Waals surface area (Å²) in [6, 6.07) is 7.74. The molecule has 1 aliphatic rings. The molecule has 1 aromatic heterocycles. The molecule has 29 heavy (non-hydrogen) atoms. The molecule has 3 rings (SSSR count). The Kier molecular flexibility index (Phi) is 6.21. The van der Waals surface area contributed by atoms with Gasteiger partial charge in [0, 0.05) is 23.5 Å². The Hall–Kier alpha value is -2.48. The molecule has 1 saturated carbocycles. The SMILES string of the molecule is CC(C)C1CCCCC1(C)C(=O)Nc1ccc(S(=O)(=O)Nc2ncccn2)cc1. The number of nitrogens with one attached hydrogen (secondary N) is 2. The number of benzene rings is 1. The first-order valence-corrected chi connectivity index (χ1v) is 11.4. The summed E-state index contributed by atoms with van der Waals surface area (Å²) in [5, 5.41) is 2.99. The summed E-state index contributed by atoms with van der Waals surface area (Å²) in [7, 11) is -3.80. The molecule has 2 N–H and O–H groups in total. The van der Waals surface area contributed by atoms with E-state index in [4.69, 9.17) is 0 Å². The second-order valence-corrected chi connectivity index (χ2v) is 9.85. The van der Waals surface area contributed by atoms with Crippen LogP contribution in [0, 0.1) is 17.3 Å². The fourth-order valence-electron chi connectivity index (χ4n) is 4.23. The number of carbonyl (C=O) groups is 1. The third-order valence-electron chi connectivity index (χ3n) is 5.82. The summed E-state index contributed by atoms with van der Waals surface area (Å²) >= 11 is 0. The zero-order valence-electron chi connectivity index (χ0n) is 17.1. The third-order valence-corrected chi connectivity index (χ3v) is 7.16. The average molecular weight is 417 g/mol. The van der Waals surface area contributed by atoms with Gasteiger partial charge in [0.25, 0.3) is 10.0 Å². The highest BCUT2D eigenvalue weighted by molar-refractivity contribution is 7.92. The Morgan fingerprint density at radius 2 is 1.79 bits per heavy atom. The number of aromatic nitrogens is 2. The molecule has 0 bridgehead atoms. The normalized spacial score (nSPS) is 22.3. The number of rotatable bonds is 6. The summed E-state index contributed by atoms with van der Waals surface area (Å²) in [6.07, 6.45) is 7.06. The molecule has 0 radical (unpaired) electrons. The number of nitrogens with zero attached hydrogens (tertiary/aromatic N) is 2. The maximum absolute atomic E-state index is 13.1. The van der Waals surface area contributed by atoms with Gasteiger partial charge in [0.05, 0.1) is 4.90 Å². The minimum absolute atomic E-state index is 0.00215. The van der Waals surface area contributed by atoms with Gasteiger partial charge >= 0.3 is 0 Å². The zero-order valence-corrected chi connectivity index (χ0v) is 17.9. The Balaban J connectivity index is 1.72. The van der Waals surface area contributed by atoms with Crippen LogP contribution in [-0.2, 0) is 14.8 Å². The van der Waals surface area contributed by atoms with Gasteiger partial charge in [0.2, 0.25) is 11.9 Å². The van der Waals surface area contributed by atoms with Crippen molar-refractivity contribution in [3.05, 3.63) is 42.7 Å². The lowest BCUT2D eigenvalue weighted by atomic mass is 9.63. The van der Waals surface area contributed by atoms with E-state index in [0.29, 0.717) is 17.5 Å². The largest absolute Gasteiger partial charge is 0.326 e. The Morgan fingerprint density at radius 3 is 2.41 bits per heavy atom. The molecule has 2 unspecified atom stereocenters. The number of hydrogen-bond acceptors (Lipinski definition) is 5. The number of carbonyl (C=O) groups excluding carboxylic acids is 1. The highest BCUT2D eigenvalue weighted by Crippen LogP contribution is 2.45. The van der Waals surface area contributed by atoms with Crippen molar-refractivity contribution in [2.24, 2.45) is 17.3 Å². The van der Waals surface area contributed by atoms with E-state index in [9.17, 15) is 13.2 Å². The molecule has 8 heteroatoms. The van der Waals surface area contributed by atoms with Crippen molar-refractivity contribution in [2.45, 2.75) is 51.3 Å². The third kappa shape index (κ3) is 4.75. The molecule has 156 valence electrons. The molecule has 1 aliphatic carbocycles. The van der Waals surface area contributed by atoms with E-state index in [-0.39, 0.29) is 16.8 Å². The van der Waals surface area contributed by atoms with Crippen molar-refractivity contribution < 1.29 is 13.2 Å². The van der Waals surface area contributed by atoms with Gasteiger partial charge in [-0.2, -0.15) is 0 Å². The van der Waals surface area contributed by atoms with Crippen LogP contribution in [0.5, 0.6) is 0 Å². The van der Waals surface area contributed by atoms with E-state index in [1.165, 1.54) is 24.5 Å². The first kappa shape index (κ1) is 21.2.